The minimum atomic E-state index is -1.04. The number of para-hydroxylation sites is 1. The summed E-state index contributed by atoms with van der Waals surface area (Å²) < 4.78 is 5.29. The zero-order valence-corrected chi connectivity index (χ0v) is 21.5. The molecule has 2 aliphatic rings. The van der Waals surface area contributed by atoms with Crippen LogP contribution in [0, 0.1) is 0 Å². The molecule has 7 nitrogen and oxygen atoms in total. The Morgan fingerprint density at radius 3 is 2.26 bits per heavy atom. The summed E-state index contributed by atoms with van der Waals surface area (Å²) in [6.45, 7) is 3.60. The number of aliphatic carboxylic acids is 1. The maximum atomic E-state index is 13.1. The SMILES string of the molecule is CC1(C)S[C@@H]2[C@H](NC(=O)C(Oc3ccccc3)c3ccccc3)C(=O)N2[C@H]1C(=O)O.[K]. The van der Waals surface area contributed by atoms with Crippen molar-refractivity contribution in [2.24, 2.45) is 0 Å². The fraction of sp³-hybridized carbons (Fsp3) is 0.318. The van der Waals surface area contributed by atoms with Gasteiger partial charge in [-0.2, -0.15) is 0 Å². The first-order valence-corrected chi connectivity index (χ1v) is 10.5. The van der Waals surface area contributed by atoms with E-state index in [0.29, 0.717) is 11.3 Å². The van der Waals surface area contributed by atoms with Crippen molar-refractivity contribution in [3.63, 3.8) is 0 Å². The Morgan fingerprint density at radius 2 is 1.68 bits per heavy atom. The molecule has 0 bridgehead atoms. The molecule has 0 aromatic heterocycles. The van der Waals surface area contributed by atoms with Gasteiger partial charge < -0.3 is 20.1 Å². The largest absolute Gasteiger partial charge is 0.480 e. The van der Waals surface area contributed by atoms with Gasteiger partial charge in [0, 0.05) is 61.7 Å². The number of hydrogen-bond donors (Lipinski definition) is 2. The molecule has 2 aromatic carbocycles. The number of β-lactam (4-membered cyclic amide) rings is 1. The molecule has 31 heavy (non-hydrogen) atoms. The first kappa shape index (κ1) is 24.3. The molecule has 1 radical (unpaired) electrons. The first-order chi connectivity index (χ1) is 14.3. The van der Waals surface area contributed by atoms with Crippen LogP contribution in [0.5, 0.6) is 5.75 Å². The Hall–Kier alpha value is -1.36. The standard InChI is InChI=1S/C22H22N2O5S.K/c1-22(2)17(21(27)28)24-19(26)15(20(24)30-22)23-18(25)16(13-9-5-3-6-10-13)29-14-11-7-4-8-12-14;/h3-12,15-17,20H,1-2H3,(H,23,25)(H,27,28);/t15-,16?,17+,20-;/m1./s1. The Morgan fingerprint density at radius 1 is 1.10 bits per heavy atom. The van der Waals surface area contributed by atoms with Crippen LogP contribution >= 0.6 is 11.8 Å². The molecule has 1 unspecified atom stereocenters. The fourth-order valence-electron chi connectivity index (χ4n) is 3.91. The summed E-state index contributed by atoms with van der Waals surface area (Å²) in [7, 11) is 0. The Labute approximate surface area is 227 Å². The van der Waals surface area contributed by atoms with Crippen LogP contribution in [0.2, 0.25) is 0 Å². The summed E-state index contributed by atoms with van der Waals surface area (Å²) in [6.07, 6.45) is -0.940. The number of ether oxygens (including phenoxy) is 1. The molecule has 2 aromatic rings. The van der Waals surface area contributed by atoms with Crippen LogP contribution in [-0.4, -0.2) is 101 Å². The zero-order valence-electron chi connectivity index (χ0n) is 17.5. The molecule has 0 aliphatic carbocycles. The summed E-state index contributed by atoms with van der Waals surface area (Å²) in [5, 5.41) is 11.9. The van der Waals surface area contributed by atoms with E-state index in [0.717, 1.165) is 0 Å². The maximum Gasteiger partial charge on any atom is 0.327 e. The molecule has 2 saturated heterocycles. The van der Waals surface area contributed by atoms with Crippen molar-refractivity contribution in [2.45, 2.75) is 42.2 Å². The van der Waals surface area contributed by atoms with Crippen molar-refractivity contribution in [1.29, 1.82) is 0 Å². The predicted octanol–water partition coefficient (Wildman–Crippen LogP) is 2.06. The van der Waals surface area contributed by atoms with Crippen molar-refractivity contribution < 1.29 is 24.2 Å². The summed E-state index contributed by atoms with van der Waals surface area (Å²) in [4.78, 5) is 38.8. The van der Waals surface area contributed by atoms with Gasteiger partial charge in [0.15, 0.2) is 0 Å². The molecule has 4 rings (SSSR count). The number of nitrogens with one attached hydrogen (secondary N) is 1. The molecular formula is C22H22KN2O5S. The van der Waals surface area contributed by atoms with Crippen LogP contribution in [0.4, 0.5) is 0 Å². The minimum Gasteiger partial charge on any atom is -0.480 e. The van der Waals surface area contributed by atoms with Crippen molar-refractivity contribution in [2.75, 3.05) is 0 Å². The van der Waals surface area contributed by atoms with Crippen molar-refractivity contribution >= 4 is 80.9 Å². The second-order valence-corrected chi connectivity index (χ2v) is 9.58. The molecule has 4 atom stereocenters. The third kappa shape index (κ3) is 4.72. The molecule has 2 heterocycles. The number of carboxylic acid groups (broad SMARTS) is 1. The first-order valence-electron chi connectivity index (χ1n) is 9.59. The van der Waals surface area contributed by atoms with Crippen LogP contribution in [0.3, 0.4) is 0 Å². The fourth-order valence-corrected chi connectivity index (χ4v) is 5.54. The number of benzene rings is 2. The van der Waals surface area contributed by atoms with Gasteiger partial charge in [-0.3, -0.25) is 9.59 Å². The van der Waals surface area contributed by atoms with E-state index in [1.807, 2.05) is 36.4 Å². The number of nitrogens with zero attached hydrogens (tertiary/aromatic N) is 1. The van der Waals surface area contributed by atoms with Crippen LogP contribution in [0.1, 0.15) is 25.5 Å². The summed E-state index contributed by atoms with van der Waals surface area (Å²) in [5.41, 5.74) is 0.658. The van der Waals surface area contributed by atoms with E-state index >= 15 is 0 Å². The number of thioether (sulfide) groups is 1. The number of rotatable bonds is 6. The topological polar surface area (TPSA) is 95.9 Å². The quantitative estimate of drug-likeness (QED) is 0.501. The molecule has 0 spiro atoms. The predicted molar refractivity (Wildman–Crippen MR) is 118 cm³/mol. The second kappa shape index (κ2) is 9.64. The van der Waals surface area contributed by atoms with Crippen molar-refractivity contribution in [3.8, 4) is 5.75 Å². The van der Waals surface area contributed by atoms with Gasteiger partial charge in [0.05, 0.1) is 0 Å². The Kier molecular flexibility index (Phi) is 7.55. The third-order valence-electron chi connectivity index (χ3n) is 5.31. The number of carbonyl (C=O) groups is 3. The van der Waals surface area contributed by atoms with Crippen LogP contribution in [-0.2, 0) is 14.4 Å². The van der Waals surface area contributed by atoms with E-state index in [1.54, 1.807) is 38.1 Å². The van der Waals surface area contributed by atoms with Gasteiger partial charge in [0.2, 0.25) is 12.0 Å². The minimum absolute atomic E-state index is 0. The van der Waals surface area contributed by atoms with Gasteiger partial charge in [-0.25, -0.2) is 4.79 Å². The van der Waals surface area contributed by atoms with E-state index in [9.17, 15) is 19.5 Å². The van der Waals surface area contributed by atoms with E-state index in [4.69, 9.17) is 4.74 Å². The monoisotopic (exact) mass is 465 g/mol. The van der Waals surface area contributed by atoms with Gasteiger partial charge in [-0.1, -0.05) is 48.5 Å². The van der Waals surface area contributed by atoms with E-state index < -0.39 is 40.2 Å². The average Bonchev–Trinajstić information content (AvgIpc) is 2.99. The molecule has 2 N–H and O–H groups in total. The van der Waals surface area contributed by atoms with Crippen molar-refractivity contribution in [3.05, 3.63) is 66.2 Å². The molecule has 0 saturated carbocycles. The number of carboxylic acids is 1. The molecule has 9 heteroatoms. The van der Waals surface area contributed by atoms with Gasteiger partial charge in [-0.15, -0.1) is 11.8 Å². The molecular weight excluding hydrogens is 443 g/mol. The molecule has 157 valence electrons. The summed E-state index contributed by atoms with van der Waals surface area (Å²) >= 11 is 1.39. The Bertz CT molecular complexity index is 972. The van der Waals surface area contributed by atoms with Crippen molar-refractivity contribution in [1.82, 2.24) is 10.2 Å². The zero-order chi connectivity index (χ0) is 21.5. The third-order valence-corrected chi connectivity index (χ3v) is 6.88. The van der Waals surface area contributed by atoms with Gasteiger partial charge in [-0.05, 0) is 26.0 Å². The molecule has 2 fully saturated rings. The maximum absolute atomic E-state index is 13.1. The Balaban J connectivity index is 0.00000272. The van der Waals surface area contributed by atoms with Crippen LogP contribution < -0.4 is 10.1 Å². The van der Waals surface area contributed by atoms with Gasteiger partial charge in [0.25, 0.3) is 5.91 Å². The van der Waals surface area contributed by atoms with Crippen LogP contribution in [0.15, 0.2) is 60.7 Å². The molecule has 2 amide bonds. The van der Waals surface area contributed by atoms with E-state index in [2.05, 4.69) is 5.32 Å². The smallest absolute Gasteiger partial charge is 0.327 e. The van der Waals surface area contributed by atoms with Gasteiger partial charge >= 0.3 is 5.97 Å². The normalized spacial score (nSPS) is 24.3. The van der Waals surface area contributed by atoms with Gasteiger partial charge in [0.1, 0.15) is 23.2 Å². The number of fused-ring (bicyclic) bond motifs is 1. The molecule has 2 aliphatic heterocycles. The summed E-state index contributed by atoms with van der Waals surface area (Å²) in [6, 6.07) is 16.3. The number of hydrogen-bond acceptors (Lipinski definition) is 5. The average molecular weight is 466 g/mol. The summed E-state index contributed by atoms with van der Waals surface area (Å²) in [5.74, 6) is -1.33. The second-order valence-electron chi connectivity index (χ2n) is 7.81. The number of carbonyl (C=O) groups excluding carboxylic acids is 2. The van der Waals surface area contributed by atoms with E-state index in [-0.39, 0.29) is 57.3 Å². The van der Waals surface area contributed by atoms with E-state index in [1.165, 1.54) is 16.7 Å². The number of amides is 2. The van der Waals surface area contributed by atoms with Crippen LogP contribution in [0.25, 0.3) is 0 Å².